The molecule has 19 rings (SSSR count). The van der Waals surface area contributed by atoms with Crippen LogP contribution in [0.2, 0.25) is 0 Å². The maximum Gasteiger partial charge on any atom is 1.00 e. The van der Waals surface area contributed by atoms with E-state index in [1.165, 1.54) is 12.8 Å². The van der Waals surface area contributed by atoms with Crippen LogP contribution in [0.5, 0.6) is 0 Å². The van der Waals surface area contributed by atoms with Gasteiger partial charge in [-0.2, -0.15) is 0 Å². The molecule has 6 aromatic carbocycles. The molecule has 0 radical (unpaired) electrons. The van der Waals surface area contributed by atoms with E-state index in [0.717, 1.165) is 233 Å². The molecule has 1 aliphatic rings. The van der Waals surface area contributed by atoms with Gasteiger partial charge in [-0.3, -0.25) is 64.6 Å². The normalized spacial score (nSPS) is 11.3. The molecule has 1 fully saturated rings. The summed E-state index contributed by atoms with van der Waals surface area (Å²) in [5.74, 6) is 1.28. The number of alkyl halides is 1. The largest absolute Gasteiger partial charge is 1.00 e. The molecule has 0 atom stereocenters. The van der Waals surface area contributed by atoms with Crippen molar-refractivity contribution in [2.75, 3.05) is 67.4 Å². The van der Waals surface area contributed by atoms with Crippen molar-refractivity contribution in [1.82, 2.24) is 118 Å². The molecule has 13 heterocycles. The molecule has 1 saturated heterocycles. The van der Waals surface area contributed by atoms with Crippen LogP contribution < -0.4 is 53.3 Å². The summed E-state index contributed by atoms with van der Waals surface area (Å²) in [4.78, 5) is 129. The average Bonchev–Trinajstić information content (AvgIpc) is 1.64. The first kappa shape index (κ1) is 116. The molecule has 0 aliphatic carbocycles. The van der Waals surface area contributed by atoms with E-state index in [1.807, 2.05) is 190 Å². The van der Waals surface area contributed by atoms with Gasteiger partial charge in [0.15, 0.2) is 23.3 Å². The molecule has 40 nitrogen and oxygen atoms in total. The zero-order chi connectivity index (χ0) is 107. The molecule has 18 aromatic rings. The van der Waals surface area contributed by atoms with Gasteiger partial charge in [-0.15, -0.1) is 0 Å². The van der Waals surface area contributed by atoms with Crippen LogP contribution in [0.15, 0.2) is 109 Å². The number of aromatic amines is 1. The third-order valence-corrected chi connectivity index (χ3v) is 25.1. The molecule has 15 N–H and O–H groups in total. The summed E-state index contributed by atoms with van der Waals surface area (Å²) in [6, 6.07) is 32.1. The number of esters is 3. The van der Waals surface area contributed by atoms with E-state index in [1.54, 1.807) is 87.5 Å². The number of aliphatic hydroxyl groups is 2. The molecular formula is C106H131AlBrLiN30O10. The Morgan fingerprint density at radius 1 is 0.342 bits per heavy atom. The van der Waals surface area contributed by atoms with Crippen molar-refractivity contribution in [1.29, 1.82) is 0 Å². The van der Waals surface area contributed by atoms with Gasteiger partial charge in [0.1, 0.15) is 6.29 Å². The molecule has 43 heteroatoms. The fourth-order valence-electron chi connectivity index (χ4n) is 15.7. The fraction of sp³-hybridized carbons (Fsp3) is 0.340. The van der Waals surface area contributed by atoms with E-state index in [2.05, 4.69) is 111 Å². The Labute approximate surface area is 895 Å². The monoisotopic (exact) mass is 2100 g/mol. The maximum absolute atomic E-state index is 12.0. The predicted octanol–water partition coefficient (Wildman–Crippen LogP) is 11.4. The van der Waals surface area contributed by atoms with Gasteiger partial charge in [-0.1, -0.05) is 28.1 Å². The van der Waals surface area contributed by atoms with Crippen LogP contribution in [0.1, 0.15) is 224 Å². The Morgan fingerprint density at radius 2 is 0.624 bits per heavy atom. The Morgan fingerprint density at radius 3 is 0.980 bits per heavy atom. The smallest absolute Gasteiger partial charge is 1.00 e. The number of aryl methyl sites for hydroxylation is 18. The second kappa shape index (κ2) is 52.5. The number of H-pyrrole nitrogens is 1. The molecule has 1 aliphatic heterocycles. The zero-order valence-corrected chi connectivity index (χ0v) is 89.5. The van der Waals surface area contributed by atoms with Crippen LogP contribution in [-0.2, 0) is 70.2 Å². The Kier molecular flexibility index (Phi) is 40.9. The minimum absolute atomic E-state index is 0. The van der Waals surface area contributed by atoms with E-state index in [0.29, 0.717) is 116 Å². The number of aldehydes is 1. The number of hydrogen-bond donors (Lipinski definition) is 9. The van der Waals surface area contributed by atoms with Crippen molar-refractivity contribution in [2.45, 2.75) is 210 Å². The number of benzene rings is 6. The van der Waals surface area contributed by atoms with E-state index in [4.69, 9.17) is 53.3 Å². The maximum atomic E-state index is 12.0. The van der Waals surface area contributed by atoms with E-state index >= 15 is 0 Å². The topological polar surface area (TPSA) is 574 Å². The molecule has 776 valence electrons. The number of rotatable bonds is 20. The van der Waals surface area contributed by atoms with E-state index in [-0.39, 0.29) is 68.8 Å². The summed E-state index contributed by atoms with van der Waals surface area (Å²) < 4.78 is 29.3. The first-order valence-electron chi connectivity index (χ1n) is 47.8. The molecule has 149 heavy (non-hydrogen) atoms. The van der Waals surface area contributed by atoms with Gasteiger partial charge in [0.2, 0.25) is 29.7 Å². The van der Waals surface area contributed by atoms with Crippen molar-refractivity contribution < 1.29 is 68.6 Å². The third-order valence-electron chi connectivity index (χ3n) is 24.5. The summed E-state index contributed by atoms with van der Waals surface area (Å²) in [5.41, 5.74) is 70.8. The minimum Gasteiger partial charge on any atom is -1.00 e. The number of nitrogen functional groups attached to an aromatic ring is 6. The zero-order valence-electron chi connectivity index (χ0n) is 88.9. The molecule has 0 unspecified atom stereocenters. The summed E-state index contributed by atoms with van der Waals surface area (Å²) in [7, 11) is 0. The van der Waals surface area contributed by atoms with Crippen LogP contribution in [0.25, 0.3) is 66.2 Å². The Balaban J connectivity index is 0.000000194. The van der Waals surface area contributed by atoms with Crippen LogP contribution in [0, 0.1) is 125 Å². The SMILES string of the molecule is C1CCOC1.CCOC(=O)c1ccc2c(c1)nc(N)n2Cc1nc(C)c(C)nc1C.CCOC(=O)c1ccc2nc(N)[nH]c2c1.CCOC(=O)c1ccc2nc(N)n(Cc3nc(C)c(C)nc3C)c2c1.Cc1nc(C)c(CBr)nc1C.Cc1nc(C)c(Cn2c(N)nc3cc(CO)ccc32)nc1C.Cc1nc(C)c(Cn2c(N)nc3ccc(C=O)cc32)nc1C.Cc1nc(C)c(Cn2c(N)nc3ccc(CO)cc32)nc1C.[AlH3].[H-].[Li+]. The van der Waals surface area contributed by atoms with Gasteiger partial charge in [0, 0.05) is 24.1 Å². The van der Waals surface area contributed by atoms with Crippen LogP contribution in [0.4, 0.5) is 35.7 Å². The van der Waals surface area contributed by atoms with Gasteiger partial charge < -0.3 is 92.8 Å². The number of nitrogens with one attached hydrogen (secondary N) is 1. The predicted molar refractivity (Wildman–Crippen MR) is 583 cm³/mol. The Bertz CT molecular complexity index is 7890. The minimum atomic E-state index is -0.367. The van der Waals surface area contributed by atoms with Crippen molar-refractivity contribution in [3.8, 4) is 0 Å². The number of carbonyl (C=O) groups excluding carboxylic acids is 4. The molecule has 0 bridgehead atoms. The summed E-state index contributed by atoms with van der Waals surface area (Å²) in [5, 5.41) is 19.3. The number of nitrogens with zero attached hydrogens (tertiary/aromatic N) is 23. The number of fused-ring (bicyclic) bond motifs is 6. The number of anilines is 6. The van der Waals surface area contributed by atoms with Gasteiger partial charge in [-0.25, -0.2) is 44.3 Å². The van der Waals surface area contributed by atoms with Crippen LogP contribution in [0.3, 0.4) is 0 Å². The number of aliphatic hydroxyl groups excluding tert-OH is 2. The second-order valence-electron chi connectivity index (χ2n) is 35.0. The number of imidazole rings is 6. The molecule has 12 aromatic heterocycles. The van der Waals surface area contributed by atoms with Crippen molar-refractivity contribution in [3.63, 3.8) is 0 Å². The second-order valence-corrected chi connectivity index (χ2v) is 35.6. The third kappa shape index (κ3) is 28.9. The summed E-state index contributed by atoms with van der Waals surface area (Å²) in [6.45, 7) is 45.8. The molecular weight excluding hydrogens is 1970 g/mol. The van der Waals surface area contributed by atoms with Crippen molar-refractivity contribution in [2.24, 2.45) is 0 Å². The Hall–Kier alpha value is -15.0. The number of hydrogen-bond acceptors (Lipinski definition) is 34. The fourth-order valence-corrected chi connectivity index (χ4v) is 16.2. The van der Waals surface area contributed by atoms with Gasteiger partial charge >= 0.3 is 36.8 Å². The molecule has 0 amide bonds. The van der Waals surface area contributed by atoms with E-state index < -0.39 is 0 Å². The van der Waals surface area contributed by atoms with Gasteiger partial charge in [0.25, 0.3) is 0 Å². The van der Waals surface area contributed by atoms with Gasteiger partial charge in [0.05, 0.1) is 285 Å². The van der Waals surface area contributed by atoms with E-state index in [9.17, 15) is 29.4 Å². The standard InChI is InChI=1S/2C18H21N5O2.2C16H19N5O.C16H17N5O.C10H11N3O2.C8H11BrN2.C4H8O.Al.Li.4H/c1-5-25-17(24)13-6-7-16-14(8-13)22-18(19)23(16)9-15-12(4)20-10(2)11(3)21-15;1-5-25-17(24)13-6-7-14-16(8-13)23(18(19)22-14)9-15-12(4)20-10(2)11(3)21-15;1-9-10(2)19-14(11(3)18-9)7-21-15-5-4-12(8-22)6-13(15)20-16(21)17;2*1-9-10(2)19-14(11(3)18-9)7-21-15-6-12(8-22)4-5-13(15)20-16(21)17;1-2-15-9(14)6-3-4-7-8(5-6)13-10(11)12-7;1-5-6(2)11-8(4-9)7(3)10-5;1-2-4-5-3-1;;;;;;/h2*6-8H,5,9H2,1-4H3,(H2,19,22);2*4-6,22H,7-8H2,1-3H3,(H2,17,20);4-6,8H,7H2,1-3H3,(H2,17,20);3-5H,2H2,1H3,(H3,11,12,13);4H2,1-3H3;1-4H2;;;;;;/q;;;;;;;;;+1;;;;-1. The number of ether oxygens (including phenoxy) is 4. The summed E-state index contributed by atoms with van der Waals surface area (Å²) >= 11 is 3.36. The first-order chi connectivity index (χ1) is 70.1. The van der Waals surface area contributed by atoms with Crippen LogP contribution in [-0.4, -0.2) is 202 Å². The number of aromatic nitrogens is 24. The number of halogens is 1. The molecule has 0 saturated carbocycles. The number of nitrogens with two attached hydrogens (primary N) is 6. The van der Waals surface area contributed by atoms with Crippen molar-refractivity contribution >= 4 is 159 Å². The molecule has 0 spiro atoms. The summed E-state index contributed by atoms with van der Waals surface area (Å²) in [6.07, 6.45) is 3.37. The quantitative estimate of drug-likeness (QED) is 0.0112. The average molecular weight is 2100 g/mol. The van der Waals surface area contributed by atoms with Crippen molar-refractivity contribution in [3.05, 3.63) is 279 Å². The van der Waals surface area contributed by atoms with Crippen LogP contribution >= 0.6 is 15.9 Å². The van der Waals surface area contributed by atoms with Gasteiger partial charge in [-0.05, 0) is 266 Å². The first-order valence-corrected chi connectivity index (χ1v) is 48.9. The number of carbonyl (C=O) groups is 4.